The highest BCUT2D eigenvalue weighted by Crippen LogP contribution is 2.40. The maximum Gasteiger partial charge on any atom is 0.305 e. The van der Waals surface area contributed by atoms with Crippen molar-refractivity contribution >= 4 is 47.3 Å². The lowest BCUT2D eigenvalue weighted by Gasteiger charge is -2.18. The number of hydrogen-bond donors (Lipinski definition) is 3. The molecule has 8 bridgehead atoms. The number of ketones is 1. The lowest BCUT2D eigenvalue weighted by atomic mass is 9.83. The average molecular weight is 565 g/mol. The Morgan fingerprint density at radius 3 is 2.67 bits per heavy atom. The van der Waals surface area contributed by atoms with Crippen LogP contribution in [0.5, 0.6) is 0 Å². The van der Waals surface area contributed by atoms with Crippen molar-refractivity contribution in [1.29, 1.82) is 0 Å². The van der Waals surface area contributed by atoms with E-state index in [9.17, 15) is 9.59 Å². The Morgan fingerprint density at radius 1 is 1.17 bits per heavy atom. The Kier molecular flexibility index (Phi) is 7.08. The van der Waals surface area contributed by atoms with Gasteiger partial charge in [0, 0.05) is 69.5 Å². The zero-order valence-electron chi connectivity index (χ0n) is 25.5. The standard InChI is InChI=1S/C35H40N4O3/c1-8-21-17(3)25-14-27-19(5)23(11-10-12-32(41)42-7)34(38-27)24-13-31(40)33-20(6)28(39-35(24)33)16-30-22(9-2)18(4)26(37-30)15-29(21)36-25/h8,14-16,19,23,30,36-37,39H,1,9-13H2,2-7H3/b26-15-,27-14-,28-16-. The number of rotatable bonds is 6. The Morgan fingerprint density at radius 2 is 1.95 bits per heavy atom. The van der Waals surface area contributed by atoms with Crippen molar-refractivity contribution in [2.24, 2.45) is 16.8 Å². The molecule has 218 valence electrons. The molecule has 7 nitrogen and oxygen atoms in total. The lowest BCUT2D eigenvalue weighted by molar-refractivity contribution is -0.140. The molecule has 6 rings (SSSR count). The summed E-state index contributed by atoms with van der Waals surface area (Å²) >= 11 is 0. The van der Waals surface area contributed by atoms with Gasteiger partial charge in [-0.3, -0.25) is 14.6 Å². The SMILES string of the molecule is C=Cc1c2[nH]c(c1C)/C=C1\N=C(C3=c4[nH]/c(c(C)c4C(=O)C3)=C\C3N/C(=C\2)C(C)=C3CC)C(CCCC(=O)OC)C1C. The maximum atomic E-state index is 13.5. The second kappa shape index (κ2) is 10.6. The smallest absolute Gasteiger partial charge is 0.305 e. The van der Waals surface area contributed by atoms with Gasteiger partial charge in [-0.15, -0.1) is 0 Å². The van der Waals surface area contributed by atoms with Gasteiger partial charge in [0.25, 0.3) is 0 Å². The number of allylic oxidation sites excluding steroid dienone is 2. The van der Waals surface area contributed by atoms with Gasteiger partial charge < -0.3 is 20.0 Å². The van der Waals surface area contributed by atoms with E-state index in [1.165, 1.54) is 18.3 Å². The molecule has 2 aromatic heterocycles. The maximum absolute atomic E-state index is 13.5. The first kappa shape index (κ1) is 28.0. The Balaban J connectivity index is 1.60. The highest BCUT2D eigenvalue weighted by Gasteiger charge is 2.38. The molecule has 3 atom stereocenters. The Bertz CT molecular complexity index is 1790. The number of hydrogen-bond acceptors (Lipinski definition) is 5. The van der Waals surface area contributed by atoms with E-state index in [-0.39, 0.29) is 29.6 Å². The molecular formula is C35H40N4O3. The van der Waals surface area contributed by atoms with Gasteiger partial charge in [-0.1, -0.05) is 26.5 Å². The van der Waals surface area contributed by atoms with Crippen molar-refractivity contribution in [2.45, 2.75) is 72.8 Å². The predicted molar refractivity (Wildman–Crippen MR) is 169 cm³/mol. The van der Waals surface area contributed by atoms with Gasteiger partial charge in [0.05, 0.1) is 24.2 Å². The molecule has 7 heteroatoms. The van der Waals surface area contributed by atoms with Crippen LogP contribution >= 0.6 is 0 Å². The summed E-state index contributed by atoms with van der Waals surface area (Å²) < 4.78 is 4.90. The zero-order valence-corrected chi connectivity index (χ0v) is 25.5. The van der Waals surface area contributed by atoms with Gasteiger partial charge in [0.15, 0.2) is 5.78 Å². The second-order valence-electron chi connectivity index (χ2n) is 12.0. The van der Waals surface area contributed by atoms with Gasteiger partial charge in [-0.25, -0.2) is 0 Å². The van der Waals surface area contributed by atoms with Crippen LogP contribution in [0.4, 0.5) is 0 Å². The molecule has 3 aliphatic heterocycles. The van der Waals surface area contributed by atoms with Gasteiger partial charge in [-0.2, -0.15) is 0 Å². The number of fused-ring (bicyclic) bond motifs is 7. The predicted octanol–water partition coefficient (Wildman–Crippen LogP) is 5.26. The average Bonchev–Trinajstić information content (AvgIpc) is 3.71. The number of nitrogens with one attached hydrogen (secondary N) is 3. The van der Waals surface area contributed by atoms with Crippen molar-refractivity contribution in [3.63, 3.8) is 0 Å². The summed E-state index contributed by atoms with van der Waals surface area (Å²) in [6.07, 6.45) is 11.6. The summed E-state index contributed by atoms with van der Waals surface area (Å²) in [6.45, 7) is 14.9. The summed E-state index contributed by atoms with van der Waals surface area (Å²) in [4.78, 5) is 38.0. The van der Waals surface area contributed by atoms with E-state index in [2.05, 4.69) is 67.8 Å². The number of carbonyl (C=O) groups excluding carboxylic acids is 2. The monoisotopic (exact) mass is 564 g/mol. The van der Waals surface area contributed by atoms with Crippen LogP contribution in [0.2, 0.25) is 0 Å². The van der Waals surface area contributed by atoms with Crippen LogP contribution in [0, 0.1) is 25.7 Å². The molecule has 0 saturated heterocycles. The number of methoxy groups -OCH3 is 1. The molecule has 0 fully saturated rings. The highest BCUT2D eigenvalue weighted by atomic mass is 16.5. The van der Waals surface area contributed by atoms with E-state index in [4.69, 9.17) is 9.73 Å². The van der Waals surface area contributed by atoms with Crippen molar-refractivity contribution in [1.82, 2.24) is 15.3 Å². The van der Waals surface area contributed by atoms with Crippen molar-refractivity contribution in [3.8, 4) is 0 Å². The summed E-state index contributed by atoms with van der Waals surface area (Å²) in [7, 11) is 1.43. The third-order valence-corrected chi connectivity index (χ3v) is 9.75. The number of aromatic amines is 2. The molecule has 2 aromatic rings. The molecule has 3 unspecified atom stereocenters. The molecule has 1 aliphatic carbocycles. The molecule has 0 saturated carbocycles. The van der Waals surface area contributed by atoms with E-state index in [1.807, 2.05) is 13.0 Å². The Hall–Kier alpha value is -4.13. The third-order valence-electron chi connectivity index (χ3n) is 9.75. The van der Waals surface area contributed by atoms with Gasteiger partial charge in [0.2, 0.25) is 0 Å². The first-order chi connectivity index (χ1) is 20.2. The number of aromatic nitrogens is 2. The number of aliphatic imine (C=N–C) groups is 1. The van der Waals surface area contributed by atoms with Crippen LogP contribution in [0.25, 0.3) is 29.9 Å². The van der Waals surface area contributed by atoms with Crippen LogP contribution in [0.3, 0.4) is 0 Å². The van der Waals surface area contributed by atoms with Crippen LogP contribution in [-0.4, -0.2) is 40.6 Å². The number of nitrogens with zero attached hydrogens (tertiary/aromatic N) is 1. The summed E-state index contributed by atoms with van der Waals surface area (Å²) in [6, 6.07) is 0.0225. The molecule has 3 N–H and O–H groups in total. The molecule has 0 aromatic carbocycles. The van der Waals surface area contributed by atoms with Crippen molar-refractivity contribution < 1.29 is 14.3 Å². The van der Waals surface area contributed by atoms with Crippen molar-refractivity contribution in [2.75, 3.05) is 7.11 Å². The number of esters is 1. The van der Waals surface area contributed by atoms with Crippen LogP contribution in [0.1, 0.15) is 91.3 Å². The normalized spacial score (nSPS) is 25.8. The molecule has 42 heavy (non-hydrogen) atoms. The zero-order chi connectivity index (χ0) is 29.9. The van der Waals surface area contributed by atoms with Gasteiger partial charge in [0.1, 0.15) is 0 Å². The first-order valence-corrected chi connectivity index (χ1v) is 15.0. The topological polar surface area (TPSA) is 99.3 Å². The van der Waals surface area contributed by atoms with E-state index >= 15 is 0 Å². The fraction of sp³-hybridized carbons (Fsp3) is 0.400. The van der Waals surface area contributed by atoms with E-state index in [0.29, 0.717) is 19.3 Å². The highest BCUT2D eigenvalue weighted by molar-refractivity contribution is 6.28. The number of carbonyl (C=O) groups is 2. The lowest BCUT2D eigenvalue weighted by Crippen LogP contribution is -2.26. The van der Waals surface area contributed by atoms with Crippen LogP contribution in [0.15, 0.2) is 34.1 Å². The fourth-order valence-corrected chi connectivity index (χ4v) is 7.27. The number of ether oxygens (including phenoxy) is 1. The summed E-state index contributed by atoms with van der Waals surface area (Å²) in [5.74, 6) is 0.144. The van der Waals surface area contributed by atoms with E-state index in [0.717, 1.165) is 79.9 Å². The molecule has 0 radical (unpaired) electrons. The van der Waals surface area contributed by atoms with E-state index < -0.39 is 0 Å². The molecule has 0 spiro atoms. The molecule has 0 amide bonds. The number of Topliss-reactive ketones (excluding diaryl/α,β-unsaturated/α-hetero) is 1. The summed E-state index contributed by atoms with van der Waals surface area (Å²) in [5, 5.41) is 5.63. The minimum Gasteiger partial charge on any atom is -0.469 e. The minimum absolute atomic E-state index is 0.0225. The summed E-state index contributed by atoms with van der Waals surface area (Å²) in [5.41, 5.74) is 12.6. The quantitative estimate of drug-likeness (QED) is 0.417. The largest absolute Gasteiger partial charge is 0.469 e. The van der Waals surface area contributed by atoms with Crippen LogP contribution < -0.4 is 16.0 Å². The molecule has 5 heterocycles. The first-order valence-electron chi connectivity index (χ1n) is 15.0. The second-order valence-corrected chi connectivity index (χ2v) is 12.0. The fourth-order valence-electron chi connectivity index (χ4n) is 7.27. The molecule has 4 aliphatic rings. The minimum atomic E-state index is -0.203. The number of H-pyrrole nitrogens is 2. The van der Waals surface area contributed by atoms with E-state index in [1.54, 1.807) is 0 Å². The van der Waals surface area contributed by atoms with Gasteiger partial charge in [-0.05, 0) is 80.5 Å². The van der Waals surface area contributed by atoms with Crippen molar-refractivity contribution in [3.05, 3.63) is 73.5 Å². The van der Waals surface area contributed by atoms with Gasteiger partial charge >= 0.3 is 5.97 Å². The van der Waals surface area contributed by atoms with Crippen LogP contribution in [-0.2, 0) is 9.53 Å². The third kappa shape index (κ3) is 4.37. The Labute approximate surface area is 246 Å². The molecular weight excluding hydrogens is 524 g/mol.